The number of aliphatic hydroxyl groups excluding tert-OH is 1. The zero-order chi connectivity index (χ0) is 21.5. The summed E-state index contributed by atoms with van der Waals surface area (Å²) in [5.41, 5.74) is 2.84. The van der Waals surface area contributed by atoms with Crippen LogP contribution in [0.25, 0.3) is 0 Å². The molecule has 1 saturated heterocycles. The summed E-state index contributed by atoms with van der Waals surface area (Å²) in [7, 11) is 4.79. The number of allylic oxidation sites excluding steroid dienone is 1. The van der Waals surface area contributed by atoms with Crippen molar-refractivity contribution in [2.45, 2.75) is 18.9 Å². The minimum atomic E-state index is -1.20. The largest absolute Gasteiger partial charge is 0.497 e. The van der Waals surface area contributed by atoms with Crippen molar-refractivity contribution in [2.24, 2.45) is 4.99 Å². The average Bonchev–Trinajstić information content (AvgIpc) is 3.30. The first-order valence-corrected chi connectivity index (χ1v) is 9.71. The summed E-state index contributed by atoms with van der Waals surface area (Å²) in [4.78, 5) is 19.9. The van der Waals surface area contributed by atoms with Gasteiger partial charge in [0.2, 0.25) is 0 Å². The number of hydrogen-bond acceptors (Lipinski definition) is 6. The predicted molar refractivity (Wildman–Crippen MR) is 117 cm³/mol. The summed E-state index contributed by atoms with van der Waals surface area (Å²) in [6.45, 7) is 1.36. The fourth-order valence-electron chi connectivity index (χ4n) is 4.12. The lowest BCUT2D eigenvalue weighted by Crippen LogP contribution is -2.50. The molecule has 4 rings (SSSR count). The van der Waals surface area contributed by atoms with Crippen LogP contribution in [0.3, 0.4) is 0 Å². The first-order valence-electron chi connectivity index (χ1n) is 9.71. The summed E-state index contributed by atoms with van der Waals surface area (Å²) >= 11 is 0. The van der Waals surface area contributed by atoms with Crippen LogP contribution in [0.1, 0.15) is 12.5 Å². The number of benzene rings is 2. The fourth-order valence-corrected chi connectivity index (χ4v) is 4.12. The van der Waals surface area contributed by atoms with Crippen LogP contribution < -0.4 is 19.7 Å². The summed E-state index contributed by atoms with van der Waals surface area (Å²) < 4.78 is 10.8. The summed E-state index contributed by atoms with van der Waals surface area (Å²) in [6.07, 6.45) is 0.604. The number of rotatable bonds is 4. The molecule has 0 unspecified atom stereocenters. The number of nitrogens with one attached hydrogen (secondary N) is 1. The molecule has 0 radical (unpaired) electrons. The number of ketones is 1. The molecular weight excluding hydrogens is 382 g/mol. The molecule has 0 bridgehead atoms. The van der Waals surface area contributed by atoms with Gasteiger partial charge in [0.05, 0.1) is 32.1 Å². The van der Waals surface area contributed by atoms with Gasteiger partial charge in [0.25, 0.3) is 0 Å². The van der Waals surface area contributed by atoms with Crippen LogP contribution in [-0.2, 0) is 11.2 Å². The Labute approximate surface area is 175 Å². The van der Waals surface area contributed by atoms with Crippen LogP contribution in [0.15, 0.2) is 58.7 Å². The van der Waals surface area contributed by atoms with Crippen molar-refractivity contribution in [3.63, 3.8) is 0 Å². The lowest BCUT2D eigenvalue weighted by atomic mass is 9.94. The Bertz CT molecular complexity index is 1030. The van der Waals surface area contributed by atoms with Crippen molar-refractivity contribution in [3.8, 4) is 11.5 Å². The number of carbonyl (C=O) groups excluding carboxylic acids is 1. The molecule has 2 aliphatic heterocycles. The third-order valence-corrected chi connectivity index (χ3v) is 5.73. The lowest BCUT2D eigenvalue weighted by molar-refractivity contribution is -0.119. The van der Waals surface area contributed by atoms with Crippen molar-refractivity contribution >= 4 is 23.0 Å². The van der Waals surface area contributed by atoms with Crippen molar-refractivity contribution in [1.29, 1.82) is 0 Å². The van der Waals surface area contributed by atoms with E-state index in [0.29, 0.717) is 35.0 Å². The number of hydrogen-bond donors (Lipinski definition) is 2. The second-order valence-corrected chi connectivity index (χ2v) is 7.53. The zero-order valence-electron chi connectivity index (χ0n) is 17.5. The van der Waals surface area contributed by atoms with Gasteiger partial charge in [-0.25, -0.2) is 0 Å². The highest BCUT2D eigenvalue weighted by atomic mass is 16.5. The van der Waals surface area contributed by atoms with E-state index in [1.54, 1.807) is 51.3 Å². The van der Waals surface area contributed by atoms with Gasteiger partial charge in [-0.3, -0.25) is 9.79 Å². The van der Waals surface area contributed by atoms with Gasteiger partial charge in [0.15, 0.2) is 5.78 Å². The second-order valence-electron chi connectivity index (χ2n) is 7.53. The molecule has 156 valence electrons. The summed E-state index contributed by atoms with van der Waals surface area (Å²) in [5, 5.41) is 13.7. The van der Waals surface area contributed by atoms with Crippen molar-refractivity contribution in [1.82, 2.24) is 0 Å². The number of ether oxygens (including phenoxy) is 2. The number of fused-ring (bicyclic) bond motifs is 1. The summed E-state index contributed by atoms with van der Waals surface area (Å²) in [5.74, 6) is 1.49. The van der Waals surface area contributed by atoms with Gasteiger partial charge in [0.1, 0.15) is 22.9 Å². The molecule has 2 aliphatic rings. The Hall–Kier alpha value is -3.32. The Morgan fingerprint density at radius 2 is 1.83 bits per heavy atom. The van der Waals surface area contributed by atoms with E-state index in [1.165, 1.54) is 0 Å². The van der Waals surface area contributed by atoms with Crippen LogP contribution in [0.5, 0.6) is 11.5 Å². The van der Waals surface area contributed by atoms with Gasteiger partial charge in [0, 0.05) is 43.1 Å². The molecule has 0 saturated carbocycles. The maximum Gasteiger partial charge on any atom is 0.196 e. The minimum Gasteiger partial charge on any atom is -0.497 e. The molecule has 1 atom stereocenters. The van der Waals surface area contributed by atoms with E-state index >= 15 is 0 Å². The first kappa shape index (κ1) is 20.0. The van der Waals surface area contributed by atoms with E-state index < -0.39 is 5.54 Å². The van der Waals surface area contributed by atoms with E-state index in [4.69, 9.17) is 9.47 Å². The number of nitrogens with zero attached hydrogens (tertiary/aromatic N) is 2. The average molecular weight is 407 g/mol. The minimum absolute atomic E-state index is 0.178. The van der Waals surface area contributed by atoms with Gasteiger partial charge < -0.3 is 24.8 Å². The molecule has 7 heteroatoms. The number of aliphatic imine (C=N–C) groups is 1. The second kappa shape index (κ2) is 7.50. The molecule has 0 amide bonds. The van der Waals surface area contributed by atoms with Crippen LogP contribution in [0.2, 0.25) is 0 Å². The van der Waals surface area contributed by atoms with Crippen LogP contribution in [0, 0.1) is 0 Å². The molecule has 0 aromatic heterocycles. The standard InChI is InChI=1S/C23H25N3O4/c1-23(13-27)21(28)20(19-9-14-7-5-6-8-18(14)25-19)22(24-2)26(23)15-10-16(29-3)12-17(11-15)30-4/h5-8,10-12,25,27H,9,13H2,1-4H3/t23-/m0/s1. The van der Waals surface area contributed by atoms with Crippen LogP contribution in [0.4, 0.5) is 11.4 Å². The number of carbonyl (C=O) groups is 1. The number of aliphatic hydroxyl groups is 1. The molecule has 2 aromatic carbocycles. The quantitative estimate of drug-likeness (QED) is 0.759. The third kappa shape index (κ3) is 2.93. The van der Waals surface area contributed by atoms with E-state index in [9.17, 15) is 9.90 Å². The van der Waals surface area contributed by atoms with Crippen molar-refractivity contribution in [2.75, 3.05) is 38.1 Å². The number of anilines is 2. The molecule has 2 N–H and O–H groups in total. The van der Waals surface area contributed by atoms with Crippen molar-refractivity contribution < 1.29 is 19.4 Å². The van der Waals surface area contributed by atoms with E-state index in [2.05, 4.69) is 10.3 Å². The molecule has 7 nitrogen and oxygen atoms in total. The fraction of sp³-hybridized carbons (Fsp3) is 0.304. The van der Waals surface area contributed by atoms with Gasteiger partial charge in [-0.15, -0.1) is 0 Å². The zero-order valence-corrected chi connectivity index (χ0v) is 17.5. The molecular formula is C23H25N3O4. The van der Waals surface area contributed by atoms with Gasteiger partial charge in [-0.05, 0) is 18.6 Å². The normalized spacial score (nSPS) is 24.2. The number of methoxy groups -OCH3 is 2. The topological polar surface area (TPSA) is 83.4 Å². The SMILES string of the molecule is CN=C1C(=C2Cc3ccccc3N2)C(=O)[C@](C)(CO)N1c1cc(OC)cc(OC)c1. The highest BCUT2D eigenvalue weighted by Crippen LogP contribution is 2.42. The maximum atomic E-state index is 13.6. The van der Waals surface area contributed by atoms with E-state index in [-0.39, 0.29) is 12.4 Å². The predicted octanol–water partition coefficient (Wildman–Crippen LogP) is 2.79. The molecule has 2 heterocycles. The molecule has 30 heavy (non-hydrogen) atoms. The Kier molecular flexibility index (Phi) is 4.99. The van der Waals surface area contributed by atoms with Gasteiger partial charge >= 0.3 is 0 Å². The molecule has 2 aromatic rings. The Morgan fingerprint density at radius 3 is 2.40 bits per heavy atom. The number of amidine groups is 1. The highest BCUT2D eigenvalue weighted by Gasteiger charge is 2.53. The Balaban J connectivity index is 1.89. The maximum absolute atomic E-state index is 13.6. The lowest BCUT2D eigenvalue weighted by Gasteiger charge is -2.33. The van der Waals surface area contributed by atoms with Gasteiger partial charge in [-0.2, -0.15) is 0 Å². The third-order valence-electron chi connectivity index (χ3n) is 5.73. The number of para-hydroxylation sites is 1. The Morgan fingerprint density at radius 1 is 1.17 bits per heavy atom. The number of Topliss-reactive ketones (excluding diaryl/α,β-unsaturated/α-hetero) is 1. The van der Waals surface area contributed by atoms with E-state index in [0.717, 1.165) is 16.9 Å². The highest BCUT2D eigenvalue weighted by molar-refractivity contribution is 6.37. The van der Waals surface area contributed by atoms with E-state index in [1.807, 2.05) is 24.3 Å². The van der Waals surface area contributed by atoms with Gasteiger partial charge in [-0.1, -0.05) is 18.2 Å². The smallest absolute Gasteiger partial charge is 0.196 e. The van der Waals surface area contributed by atoms with Crippen molar-refractivity contribution in [3.05, 3.63) is 59.3 Å². The van der Waals surface area contributed by atoms with Crippen LogP contribution in [-0.4, -0.2) is 50.1 Å². The summed E-state index contributed by atoms with van der Waals surface area (Å²) in [6, 6.07) is 13.3. The first-order chi connectivity index (χ1) is 14.5. The van der Waals surface area contributed by atoms with Crippen LogP contribution >= 0.6 is 0 Å². The molecule has 0 spiro atoms. The molecule has 0 aliphatic carbocycles. The molecule has 1 fully saturated rings. The monoisotopic (exact) mass is 407 g/mol.